The monoisotopic (exact) mass is 269 g/mol. The van der Waals surface area contributed by atoms with Crippen molar-refractivity contribution in [3.63, 3.8) is 0 Å². The lowest BCUT2D eigenvalue weighted by Crippen LogP contribution is -2.16. The van der Waals surface area contributed by atoms with Gasteiger partial charge in [0.05, 0.1) is 11.9 Å². The Labute approximate surface area is 106 Å². The van der Waals surface area contributed by atoms with Gasteiger partial charge in [0.15, 0.2) is 0 Å². The van der Waals surface area contributed by atoms with E-state index in [9.17, 15) is 18.0 Å². The summed E-state index contributed by atoms with van der Waals surface area (Å²) in [6.45, 7) is 0. The summed E-state index contributed by atoms with van der Waals surface area (Å²) < 4.78 is 37.9. The first-order valence-electron chi connectivity index (χ1n) is 5.35. The van der Waals surface area contributed by atoms with Crippen molar-refractivity contribution in [2.45, 2.75) is 12.6 Å². The minimum atomic E-state index is -4.46. The van der Waals surface area contributed by atoms with Crippen LogP contribution in [0.2, 0.25) is 0 Å². The van der Waals surface area contributed by atoms with Crippen molar-refractivity contribution in [2.24, 2.45) is 5.73 Å². The summed E-state index contributed by atoms with van der Waals surface area (Å²) in [5, 5.41) is 0. The Balaban J connectivity index is 2.45. The van der Waals surface area contributed by atoms with E-state index in [1.807, 2.05) is 0 Å². The molecular weight excluding hydrogens is 259 g/mol. The Hall–Kier alpha value is -2.31. The molecular formula is C12H10F3N3O. The lowest BCUT2D eigenvalue weighted by Gasteiger charge is -2.11. The molecule has 0 aliphatic rings. The van der Waals surface area contributed by atoms with E-state index in [4.69, 9.17) is 5.73 Å². The standard InChI is InChI=1S/C12H10F3N3O/c13-12(14,15)8-1-2-10(11(16)19)7(3-8)4-9-5-17-6-18-9/h1-3,5-6H,4H2,(H2,16,19)(H,17,18). The van der Waals surface area contributed by atoms with Crippen LogP contribution in [0.25, 0.3) is 0 Å². The van der Waals surface area contributed by atoms with E-state index in [2.05, 4.69) is 9.97 Å². The number of amides is 1. The molecule has 0 spiro atoms. The Morgan fingerprint density at radius 3 is 2.63 bits per heavy atom. The first-order chi connectivity index (χ1) is 8.88. The fourth-order valence-electron chi connectivity index (χ4n) is 1.74. The number of benzene rings is 1. The highest BCUT2D eigenvalue weighted by atomic mass is 19.4. The van der Waals surface area contributed by atoms with Gasteiger partial charge >= 0.3 is 6.18 Å². The van der Waals surface area contributed by atoms with Crippen molar-refractivity contribution in [3.05, 3.63) is 53.1 Å². The van der Waals surface area contributed by atoms with Gasteiger partial charge in [-0.2, -0.15) is 13.2 Å². The number of carbonyl (C=O) groups excluding carboxylic acids is 1. The second-order valence-electron chi connectivity index (χ2n) is 3.99. The number of halogens is 3. The van der Waals surface area contributed by atoms with E-state index in [0.29, 0.717) is 5.69 Å². The topological polar surface area (TPSA) is 71.8 Å². The molecule has 1 amide bonds. The van der Waals surface area contributed by atoms with Gasteiger partial charge in [-0.1, -0.05) is 0 Å². The Morgan fingerprint density at radius 2 is 2.11 bits per heavy atom. The van der Waals surface area contributed by atoms with E-state index in [-0.39, 0.29) is 17.5 Å². The molecule has 4 nitrogen and oxygen atoms in total. The van der Waals surface area contributed by atoms with Crippen LogP contribution in [0.1, 0.15) is 27.2 Å². The van der Waals surface area contributed by atoms with Crippen LogP contribution in [-0.2, 0) is 12.6 Å². The number of aromatic nitrogens is 2. The zero-order valence-electron chi connectivity index (χ0n) is 9.66. The molecule has 1 heterocycles. The van der Waals surface area contributed by atoms with Crippen LogP contribution in [0, 0.1) is 0 Å². The van der Waals surface area contributed by atoms with E-state index < -0.39 is 17.6 Å². The van der Waals surface area contributed by atoms with E-state index >= 15 is 0 Å². The molecule has 1 aromatic carbocycles. The predicted molar refractivity (Wildman–Crippen MR) is 61.4 cm³/mol. The van der Waals surface area contributed by atoms with Crippen LogP contribution < -0.4 is 5.73 Å². The van der Waals surface area contributed by atoms with Crippen LogP contribution in [0.5, 0.6) is 0 Å². The first kappa shape index (κ1) is 13.1. The number of hydrogen-bond donors (Lipinski definition) is 2. The molecule has 0 bridgehead atoms. The zero-order chi connectivity index (χ0) is 14.0. The van der Waals surface area contributed by atoms with Crippen molar-refractivity contribution < 1.29 is 18.0 Å². The number of rotatable bonds is 3. The van der Waals surface area contributed by atoms with Gasteiger partial charge in [-0.15, -0.1) is 0 Å². The van der Waals surface area contributed by atoms with Crippen LogP contribution in [0.15, 0.2) is 30.7 Å². The summed E-state index contributed by atoms with van der Waals surface area (Å²) in [5.41, 5.74) is 5.23. The predicted octanol–water partition coefficient (Wildman–Crippen LogP) is 2.12. The van der Waals surface area contributed by atoms with E-state index in [1.54, 1.807) is 0 Å². The van der Waals surface area contributed by atoms with Crippen molar-refractivity contribution in [3.8, 4) is 0 Å². The van der Waals surface area contributed by atoms with Gasteiger partial charge in [0.1, 0.15) is 0 Å². The maximum atomic E-state index is 12.6. The maximum Gasteiger partial charge on any atom is 0.416 e. The number of nitrogens with two attached hydrogens (primary N) is 1. The second-order valence-corrected chi connectivity index (χ2v) is 3.99. The van der Waals surface area contributed by atoms with Gasteiger partial charge in [-0.3, -0.25) is 4.79 Å². The summed E-state index contributed by atoms with van der Waals surface area (Å²) >= 11 is 0. The average molecular weight is 269 g/mol. The summed E-state index contributed by atoms with van der Waals surface area (Å²) in [7, 11) is 0. The molecule has 2 aromatic rings. The third kappa shape index (κ3) is 2.93. The molecule has 100 valence electrons. The average Bonchev–Trinajstić information content (AvgIpc) is 2.80. The number of aromatic amines is 1. The quantitative estimate of drug-likeness (QED) is 0.895. The molecule has 2 rings (SSSR count). The molecule has 0 radical (unpaired) electrons. The van der Waals surface area contributed by atoms with Gasteiger partial charge < -0.3 is 10.7 Å². The number of alkyl halides is 3. The Bertz CT molecular complexity index is 591. The molecule has 0 aliphatic heterocycles. The highest BCUT2D eigenvalue weighted by Gasteiger charge is 2.31. The van der Waals surface area contributed by atoms with Crippen LogP contribution in [0.4, 0.5) is 13.2 Å². The number of primary amides is 1. The SMILES string of the molecule is NC(=O)c1ccc(C(F)(F)F)cc1Cc1cnc[nH]1. The van der Waals surface area contributed by atoms with Crippen LogP contribution in [0.3, 0.4) is 0 Å². The fourth-order valence-corrected chi connectivity index (χ4v) is 1.74. The molecule has 1 aromatic heterocycles. The smallest absolute Gasteiger partial charge is 0.366 e. The minimum Gasteiger partial charge on any atom is -0.366 e. The minimum absolute atomic E-state index is 0.0719. The highest BCUT2D eigenvalue weighted by molar-refractivity contribution is 5.94. The largest absolute Gasteiger partial charge is 0.416 e. The lowest BCUT2D eigenvalue weighted by atomic mass is 9.99. The van der Waals surface area contributed by atoms with E-state index in [0.717, 1.165) is 18.2 Å². The summed E-state index contributed by atoms with van der Waals surface area (Å²) in [5.74, 6) is -0.761. The number of imidazole rings is 1. The number of hydrogen-bond acceptors (Lipinski definition) is 2. The Kier molecular flexibility index (Phi) is 3.28. The molecule has 0 saturated carbocycles. The number of nitrogens with zero attached hydrogens (tertiary/aromatic N) is 1. The van der Waals surface area contributed by atoms with Crippen LogP contribution in [-0.4, -0.2) is 15.9 Å². The van der Waals surface area contributed by atoms with Crippen LogP contribution >= 0.6 is 0 Å². The Morgan fingerprint density at radius 1 is 1.37 bits per heavy atom. The first-order valence-corrected chi connectivity index (χ1v) is 5.35. The van der Waals surface area contributed by atoms with Gasteiger partial charge in [-0.05, 0) is 23.8 Å². The maximum absolute atomic E-state index is 12.6. The fraction of sp³-hybridized carbons (Fsp3) is 0.167. The number of nitrogens with one attached hydrogen (secondary N) is 1. The summed E-state index contributed by atoms with van der Waals surface area (Å²) in [6.07, 6.45) is -1.45. The zero-order valence-corrected chi connectivity index (χ0v) is 9.66. The van der Waals surface area contributed by atoms with Crippen molar-refractivity contribution >= 4 is 5.91 Å². The molecule has 0 atom stereocenters. The molecule has 19 heavy (non-hydrogen) atoms. The number of carbonyl (C=O) groups is 1. The lowest BCUT2D eigenvalue weighted by molar-refractivity contribution is -0.137. The van der Waals surface area contributed by atoms with Gasteiger partial charge in [-0.25, -0.2) is 4.98 Å². The molecule has 0 saturated heterocycles. The molecule has 0 unspecified atom stereocenters. The van der Waals surface area contributed by atoms with Gasteiger partial charge in [0.25, 0.3) is 0 Å². The van der Waals surface area contributed by atoms with Crippen molar-refractivity contribution in [1.29, 1.82) is 0 Å². The molecule has 0 fully saturated rings. The second kappa shape index (κ2) is 4.75. The number of H-pyrrole nitrogens is 1. The summed E-state index contributed by atoms with van der Waals surface area (Å²) in [6, 6.07) is 2.87. The molecule has 0 aliphatic carbocycles. The summed E-state index contributed by atoms with van der Waals surface area (Å²) in [4.78, 5) is 17.8. The normalized spacial score (nSPS) is 11.5. The van der Waals surface area contributed by atoms with Crippen molar-refractivity contribution in [1.82, 2.24) is 9.97 Å². The molecule has 3 N–H and O–H groups in total. The third-order valence-corrected chi connectivity index (χ3v) is 2.63. The van der Waals surface area contributed by atoms with E-state index in [1.165, 1.54) is 12.5 Å². The molecule has 7 heteroatoms. The third-order valence-electron chi connectivity index (χ3n) is 2.63. The van der Waals surface area contributed by atoms with Gasteiger partial charge in [0, 0.05) is 23.9 Å². The highest BCUT2D eigenvalue weighted by Crippen LogP contribution is 2.31. The van der Waals surface area contributed by atoms with Gasteiger partial charge in [0.2, 0.25) is 5.91 Å². The van der Waals surface area contributed by atoms with Crippen molar-refractivity contribution in [2.75, 3.05) is 0 Å².